The van der Waals surface area contributed by atoms with Crippen LogP contribution in [0.3, 0.4) is 0 Å². The highest BCUT2D eigenvalue weighted by Gasteiger charge is 2.25. The van der Waals surface area contributed by atoms with Crippen molar-refractivity contribution in [2.45, 2.75) is 19.9 Å². The highest BCUT2D eigenvalue weighted by atomic mass is 35.5. The summed E-state index contributed by atoms with van der Waals surface area (Å²) in [4.78, 5) is 34.6. The molecule has 1 aromatic rings. The van der Waals surface area contributed by atoms with E-state index < -0.39 is 16.9 Å². The third kappa shape index (κ3) is 5.47. The molecule has 0 spiro atoms. The van der Waals surface area contributed by atoms with E-state index in [0.29, 0.717) is 13.1 Å². The first-order valence-corrected chi connectivity index (χ1v) is 7.82. The van der Waals surface area contributed by atoms with Gasteiger partial charge in [-0.05, 0) is 19.0 Å². The van der Waals surface area contributed by atoms with E-state index in [9.17, 15) is 19.7 Å². The molecular weight excluding hydrogens is 336 g/mol. The summed E-state index contributed by atoms with van der Waals surface area (Å²) < 4.78 is 0. The normalized spacial score (nSPS) is 11.9. The number of rotatable bonds is 8. The number of nitro benzene ring substituents is 1. The van der Waals surface area contributed by atoms with E-state index in [-0.39, 0.29) is 28.1 Å². The molecule has 1 atom stereocenters. The monoisotopic (exact) mass is 356 g/mol. The van der Waals surface area contributed by atoms with Gasteiger partial charge < -0.3 is 16.0 Å². The van der Waals surface area contributed by atoms with Crippen LogP contribution in [-0.4, -0.2) is 42.9 Å². The molecule has 132 valence electrons. The molecule has 9 heteroatoms. The van der Waals surface area contributed by atoms with Crippen molar-refractivity contribution in [1.29, 1.82) is 0 Å². The summed E-state index contributed by atoms with van der Waals surface area (Å²) in [6, 6.07) is 2.83. The zero-order chi connectivity index (χ0) is 18.3. The van der Waals surface area contributed by atoms with Gasteiger partial charge in [0.15, 0.2) is 0 Å². The SMILES string of the molecule is CNCCNC(=O)C(NC(=O)c1ccc([N+](=O)[O-])cc1Cl)C(C)C. The summed E-state index contributed by atoms with van der Waals surface area (Å²) in [5.74, 6) is -0.996. The number of hydrogen-bond donors (Lipinski definition) is 3. The summed E-state index contributed by atoms with van der Waals surface area (Å²) in [5, 5.41) is 18.9. The zero-order valence-corrected chi connectivity index (χ0v) is 14.5. The molecule has 2 amide bonds. The molecule has 0 aliphatic heterocycles. The van der Waals surface area contributed by atoms with Gasteiger partial charge in [-0.1, -0.05) is 25.4 Å². The highest BCUT2D eigenvalue weighted by molar-refractivity contribution is 6.34. The molecule has 0 heterocycles. The van der Waals surface area contributed by atoms with Gasteiger partial charge >= 0.3 is 0 Å². The van der Waals surface area contributed by atoms with E-state index in [1.165, 1.54) is 12.1 Å². The number of benzene rings is 1. The first kappa shape index (κ1) is 19.9. The minimum atomic E-state index is -0.736. The molecule has 3 N–H and O–H groups in total. The van der Waals surface area contributed by atoms with Crippen molar-refractivity contribution in [3.8, 4) is 0 Å². The number of hydrogen-bond acceptors (Lipinski definition) is 5. The number of nitro groups is 1. The van der Waals surface area contributed by atoms with Crippen molar-refractivity contribution in [1.82, 2.24) is 16.0 Å². The molecular formula is C15H21ClN4O4. The van der Waals surface area contributed by atoms with Crippen LogP contribution >= 0.6 is 11.6 Å². The van der Waals surface area contributed by atoms with Crippen molar-refractivity contribution in [3.63, 3.8) is 0 Å². The molecule has 1 unspecified atom stereocenters. The molecule has 0 bridgehead atoms. The molecule has 0 radical (unpaired) electrons. The molecule has 0 aliphatic rings. The lowest BCUT2D eigenvalue weighted by molar-refractivity contribution is -0.384. The van der Waals surface area contributed by atoms with Crippen LogP contribution in [0.15, 0.2) is 18.2 Å². The van der Waals surface area contributed by atoms with Crippen molar-refractivity contribution in [2.24, 2.45) is 5.92 Å². The van der Waals surface area contributed by atoms with Crippen LogP contribution in [0.4, 0.5) is 5.69 Å². The summed E-state index contributed by atoms with van der Waals surface area (Å²) in [6.45, 7) is 4.66. The fourth-order valence-corrected chi connectivity index (χ4v) is 2.24. The number of amides is 2. The van der Waals surface area contributed by atoms with E-state index in [1.807, 2.05) is 0 Å². The van der Waals surface area contributed by atoms with Crippen molar-refractivity contribution in [2.75, 3.05) is 20.1 Å². The average molecular weight is 357 g/mol. The largest absolute Gasteiger partial charge is 0.353 e. The number of halogens is 1. The lowest BCUT2D eigenvalue weighted by atomic mass is 10.0. The Kier molecular flexibility index (Phi) is 7.60. The quantitative estimate of drug-likeness (QED) is 0.369. The van der Waals surface area contributed by atoms with E-state index in [1.54, 1.807) is 20.9 Å². The molecule has 24 heavy (non-hydrogen) atoms. The van der Waals surface area contributed by atoms with Gasteiger partial charge in [0.05, 0.1) is 15.5 Å². The Hall–Kier alpha value is -2.19. The Balaban J connectivity index is 2.85. The fraction of sp³-hybridized carbons (Fsp3) is 0.467. The van der Waals surface area contributed by atoms with Crippen molar-refractivity contribution in [3.05, 3.63) is 38.9 Å². The second kappa shape index (κ2) is 9.19. The highest BCUT2D eigenvalue weighted by Crippen LogP contribution is 2.22. The minimum Gasteiger partial charge on any atom is -0.353 e. The van der Waals surface area contributed by atoms with Crippen LogP contribution in [0, 0.1) is 16.0 Å². The number of carbonyl (C=O) groups is 2. The first-order valence-electron chi connectivity index (χ1n) is 7.45. The maximum Gasteiger partial charge on any atom is 0.270 e. The van der Waals surface area contributed by atoms with Gasteiger partial charge in [0, 0.05) is 25.2 Å². The van der Waals surface area contributed by atoms with Crippen LogP contribution in [-0.2, 0) is 4.79 Å². The summed E-state index contributed by atoms with van der Waals surface area (Å²) >= 11 is 5.94. The van der Waals surface area contributed by atoms with Gasteiger partial charge in [0.2, 0.25) is 5.91 Å². The van der Waals surface area contributed by atoms with Gasteiger partial charge in [0.1, 0.15) is 6.04 Å². The van der Waals surface area contributed by atoms with Gasteiger partial charge in [-0.15, -0.1) is 0 Å². The second-order valence-electron chi connectivity index (χ2n) is 5.51. The number of nitrogens with one attached hydrogen (secondary N) is 3. The van der Waals surface area contributed by atoms with Gasteiger partial charge in [-0.25, -0.2) is 0 Å². The fourth-order valence-electron chi connectivity index (χ4n) is 1.98. The topological polar surface area (TPSA) is 113 Å². The molecule has 0 aliphatic carbocycles. The van der Waals surface area contributed by atoms with Crippen LogP contribution in [0.1, 0.15) is 24.2 Å². The maximum atomic E-state index is 12.3. The van der Waals surface area contributed by atoms with E-state index in [2.05, 4.69) is 16.0 Å². The smallest absolute Gasteiger partial charge is 0.270 e. The van der Waals surface area contributed by atoms with E-state index in [0.717, 1.165) is 6.07 Å². The standard InChI is InChI=1S/C15H21ClN4O4/c1-9(2)13(15(22)18-7-6-17-3)19-14(21)11-5-4-10(20(23)24)8-12(11)16/h4-5,8-9,13,17H,6-7H2,1-3H3,(H,18,22)(H,19,21). The van der Waals surface area contributed by atoms with Crippen LogP contribution in [0.5, 0.6) is 0 Å². The van der Waals surface area contributed by atoms with E-state index in [4.69, 9.17) is 11.6 Å². The molecule has 0 aromatic heterocycles. The number of carbonyl (C=O) groups excluding carboxylic acids is 2. The predicted molar refractivity (Wildman–Crippen MR) is 91.1 cm³/mol. The van der Waals surface area contributed by atoms with Gasteiger partial charge in [-0.2, -0.15) is 0 Å². The van der Waals surface area contributed by atoms with Gasteiger partial charge in [-0.3, -0.25) is 19.7 Å². The number of non-ortho nitro benzene ring substituents is 1. The lowest BCUT2D eigenvalue weighted by Crippen LogP contribution is -2.50. The van der Waals surface area contributed by atoms with Crippen molar-refractivity contribution < 1.29 is 14.5 Å². The first-order chi connectivity index (χ1) is 11.3. The van der Waals surface area contributed by atoms with E-state index >= 15 is 0 Å². The second-order valence-corrected chi connectivity index (χ2v) is 5.92. The Morgan fingerprint density at radius 2 is 1.96 bits per heavy atom. The molecule has 0 saturated carbocycles. The average Bonchev–Trinajstić information content (AvgIpc) is 2.51. The van der Waals surface area contributed by atoms with Crippen LogP contribution in [0.25, 0.3) is 0 Å². The number of nitrogens with zero attached hydrogens (tertiary/aromatic N) is 1. The van der Waals surface area contributed by atoms with Crippen molar-refractivity contribution >= 4 is 29.1 Å². The maximum absolute atomic E-state index is 12.3. The summed E-state index contributed by atoms with van der Waals surface area (Å²) in [7, 11) is 1.77. The molecule has 1 rings (SSSR count). The number of likely N-dealkylation sites (N-methyl/N-ethyl adjacent to an activating group) is 1. The zero-order valence-electron chi connectivity index (χ0n) is 13.8. The summed E-state index contributed by atoms with van der Waals surface area (Å²) in [5.41, 5.74) is -0.127. The molecule has 0 fully saturated rings. The van der Waals surface area contributed by atoms with Crippen LogP contribution in [0.2, 0.25) is 5.02 Å². The van der Waals surface area contributed by atoms with Gasteiger partial charge in [0.25, 0.3) is 11.6 Å². The Morgan fingerprint density at radius 3 is 2.46 bits per heavy atom. The Labute approximate surface area is 145 Å². The minimum absolute atomic E-state index is 0.0419. The Bertz CT molecular complexity index is 621. The van der Waals surface area contributed by atoms with Crippen LogP contribution < -0.4 is 16.0 Å². The molecule has 1 aromatic carbocycles. The third-order valence-corrected chi connectivity index (χ3v) is 3.63. The summed E-state index contributed by atoms with van der Waals surface area (Å²) in [6.07, 6.45) is 0. The predicted octanol–water partition coefficient (Wildman–Crippen LogP) is 1.34. The Morgan fingerprint density at radius 1 is 1.29 bits per heavy atom. The molecule has 8 nitrogen and oxygen atoms in total. The third-order valence-electron chi connectivity index (χ3n) is 3.32. The molecule has 0 saturated heterocycles. The lowest BCUT2D eigenvalue weighted by Gasteiger charge is -2.22.